The Kier molecular flexibility index (Phi) is 4.90. The average Bonchev–Trinajstić information content (AvgIpc) is 3.10. The molecule has 4 atom stereocenters. The van der Waals surface area contributed by atoms with Crippen LogP contribution in [0.3, 0.4) is 0 Å². The molecule has 6 heteroatoms. The lowest BCUT2D eigenvalue weighted by molar-refractivity contribution is -0.384. The van der Waals surface area contributed by atoms with E-state index in [0.29, 0.717) is 0 Å². The Balaban J connectivity index is 1.63. The summed E-state index contributed by atoms with van der Waals surface area (Å²) in [6.45, 7) is 0. The quantitative estimate of drug-likeness (QED) is 0.260. The summed E-state index contributed by atoms with van der Waals surface area (Å²) < 4.78 is 0. The SMILES string of the molecule is O=C1[C@@H]2[C@H](C(=O)N1c1cccc([N+](=O)[O-])c1)[C@H](c1ccccc1)C=C[C@H]2c1ccccc1. The molecule has 1 saturated heterocycles. The Morgan fingerprint density at radius 1 is 0.688 bits per heavy atom. The molecule has 0 unspecified atom stereocenters. The van der Waals surface area contributed by atoms with E-state index >= 15 is 0 Å². The van der Waals surface area contributed by atoms with E-state index in [-0.39, 0.29) is 35.0 Å². The standard InChI is InChI=1S/C26H20N2O4/c29-25-23-21(17-8-3-1-4-9-17)14-15-22(18-10-5-2-6-11-18)24(23)26(30)27(25)19-12-7-13-20(16-19)28(31)32/h1-16,21-24H/t21-,22-,23-,24+/m0/s1. The van der Waals surface area contributed by atoms with Crippen LogP contribution in [0.4, 0.5) is 11.4 Å². The summed E-state index contributed by atoms with van der Waals surface area (Å²) in [5, 5.41) is 11.3. The highest BCUT2D eigenvalue weighted by Crippen LogP contribution is 2.50. The summed E-state index contributed by atoms with van der Waals surface area (Å²) >= 11 is 0. The van der Waals surface area contributed by atoms with Crippen molar-refractivity contribution in [3.63, 3.8) is 0 Å². The van der Waals surface area contributed by atoms with Crippen LogP contribution in [-0.4, -0.2) is 16.7 Å². The fourth-order valence-corrected chi connectivity index (χ4v) is 4.93. The number of anilines is 1. The molecule has 32 heavy (non-hydrogen) atoms. The average molecular weight is 424 g/mol. The normalized spacial score (nSPS) is 24.4. The molecule has 0 aromatic heterocycles. The van der Waals surface area contributed by atoms with E-state index in [9.17, 15) is 19.7 Å². The van der Waals surface area contributed by atoms with Gasteiger partial charge in [0.2, 0.25) is 11.8 Å². The molecule has 0 N–H and O–H groups in total. The van der Waals surface area contributed by atoms with Gasteiger partial charge in [0.25, 0.3) is 5.69 Å². The number of carbonyl (C=O) groups is 2. The predicted octanol–water partition coefficient (Wildman–Crippen LogP) is 4.84. The Labute approximate surface area is 184 Å². The van der Waals surface area contributed by atoms with Crippen molar-refractivity contribution in [1.29, 1.82) is 0 Å². The number of benzene rings is 3. The van der Waals surface area contributed by atoms with Crippen molar-refractivity contribution in [1.82, 2.24) is 0 Å². The highest BCUT2D eigenvalue weighted by Gasteiger charge is 2.55. The van der Waals surface area contributed by atoms with Crippen LogP contribution in [-0.2, 0) is 9.59 Å². The van der Waals surface area contributed by atoms with Gasteiger partial charge >= 0.3 is 0 Å². The number of nitro benzene ring substituents is 1. The van der Waals surface area contributed by atoms with Crippen LogP contribution in [0.5, 0.6) is 0 Å². The number of non-ortho nitro benzene ring substituents is 1. The van der Waals surface area contributed by atoms with Gasteiger partial charge in [-0.25, -0.2) is 4.90 Å². The second kappa shape index (κ2) is 7.89. The van der Waals surface area contributed by atoms with E-state index in [1.54, 1.807) is 6.07 Å². The molecule has 1 aliphatic heterocycles. The van der Waals surface area contributed by atoms with Gasteiger partial charge in [0.15, 0.2) is 0 Å². The van der Waals surface area contributed by atoms with Crippen LogP contribution < -0.4 is 4.90 Å². The molecule has 2 amide bonds. The number of rotatable bonds is 4. The molecule has 1 heterocycles. The minimum atomic E-state index is -0.584. The topological polar surface area (TPSA) is 80.5 Å². The molecule has 0 radical (unpaired) electrons. The number of nitro groups is 1. The fraction of sp³-hybridized carbons (Fsp3) is 0.154. The van der Waals surface area contributed by atoms with Crippen molar-refractivity contribution < 1.29 is 14.5 Å². The van der Waals surface area contributed by atoms with Crippen molar-refractivity contribution in [2.24, 2.45) is 11.8 Å². The number of nitrogens with zero attached hydrogens (tertiary/aromatic N) is 2. The molecule has 6 nitrogen and oxygen atoms in total. The molecule has 3 aromatic rings. The number of hydrogen-bond donors (Lipinski definition) is 0. The van der Waals surface area contributed by atoms with Crippen LogP contribution in [0.15, 0.2) is 97.1 Å². The maximum atomic E-state index is 13.7. The number of allylic oxidation sites excluding steroid dienone is 2. The van der Waals surface area contributed by atoms with Gasteiger partial charge in [0.1, 0.15) is 0 Å². The summed E-state index contributed by atoms with van der Waals surface area (Å²) in [5.41, 5.74) is 2.01. The van der Waals surface area contributed by atoms with Crippen molar-refractivity contribution in [3.8, 4) is 0 Å². The highest BCUT2D eigenvalue weighted by atomic mass is 16.6. The van der Waals surface area contributed by atoms with Crippen LogP contribution in [0.25, 0.3) is 0 Å². The molecular weight excluding hydrogens is 404 g/mol. The van der Waals surface area contributed by atoms with Gasteiger partial charge in [0, 0.05) is 24.0 Å². The third-order valence-corrected chi connectivity index (χ3v) is 6.37. The third-order valence-electron chi connectivity index (χ3n) is 6.37. The Morgan fingerprint density at radius 2 is 1.19 bits per heavy atom. The van der Waals surface area contributed by atoms with Crippen LogP contribution in [0, 0.1) is 22.0 Å². The second-order valence-electron chi connectivity index (χ2n) is 8.10. The largest absolute Gasteiger partial charge is 0.274 e. The van der Waals surface area contributed by atoms with E-state index in [1.165, 1.54) is 18.2 Å². The number of hydrogen-bond acceptors (Lipinski definition) is 4. The Morgan fingerprint density at radius 3 is 1.66 bits per heavy atom. The zero-order valence-corrected chi connectivity index (χ0v) is 17.1. The Bertz CT molecular complexity index is 1160. The second-order valence-corrected chi connectivity index (χ2v) is 8.10. The highest BCUT2D eigenvalue weighted by molar-refractivity contribution is 6.23. The first-order valence-corrected chi connectivity index (χ1v) is 10.5. The smallest absolute Gasteiger partial charge is 0.271 e. The first kappa shape index (κ1) is 19.9. The van der Waals surface area contributed by atoms with Gasteiger partial charge < -0.3 is 0 Å². The predicted molar refractivity (Wildman–Crippen MR) is 120 cm³/mol. The van der Waals surface area contributed by atoms with Crippen molar-refractivity contribution in [3.05, 3.63) is 118 Å². The summed E-state index contributed by atoms with van der Waals surface area (Å²) in [4.78, 5) is 39.3. The molecule has 0 spiro atoms. The van der Waals surface area contributed by atoms with E-state index in [1.807, 2.05) is 72.8 Å². The van der Waals surface area contributed by atoms with Crippen LogP contribution in [0.2, 0.25) is 0 Å². The number of fused-ring (bicyclic) bond motifs is 1. The van der Waals surface area contributed by atoms with E-state index < -0.39 is 16.8 Å². The zero-order chi connectivity index (χ0) is 22.2. The molecule has 5 rings (SSSR count). The summed E-state index contributed by atoms with van der Waals surface area (Å²) in [6.07, 6.45) is 4.05. The molecule has 3 aromatic carbocycles. The zero-order valence-electron chi connectivity index (χ0n) is 17.1. The fourth-order valence-electron chi connectivity index (χ4n) is 4.93. The first-order chi connectivity index (χ1) is 15.6. The lowest BCUT2D eigenvalue weighted by Gasteiger charge is -2.32. The lowest BCUT2D eigenvalue weighted by Crippen LogP contribution is -2.31. The van der Waals surface area contributed by atoms with Crippen molar-refractivity contribution >= 4 is 23.2 Å². The number of amides is 2. The van der Waals surface area contributed by atoms with Crippen LogP contribution >= 0.6 is 0 Å². The third kappa shape index (κ3) is 3.21. The minimum Gasteiger partial charge on any atom is -0.274 e. The molecule has 1 aliphatic carbocycles. The molecule has 1 fully saturated rings. The molecular formula is C26H20N2O4. The van der Waals surface area contributed by atoms with Gasteiger partial charge in [-0.15, -0.1) is 0 Å². The Hall–Kier alpha value is -4.06. The summed E-state index contributed by atoms with van der Waals surface area (Å²) in [6, 6.07) is 25.0. The maximum Gasteiger partial charge on any atom is 0.271 e. The van der Waals surface area contributed by atoms with Gasteiger partial charge in [-0.2, -0.15) is 0 Å². The molecule has 2 aliphatic rings. The number of carbonyl (C=O) groups excluding carboxylic acids is 2. The van der Waals surface area contributed by atoms with Gasteiger partial charge in [-0.05, 0) is 17.2 Å². The van der Waals surface area contributed by atoms with E-state index in [2.05, 4.69) is 0 Å². The van der Waals surface area contributed by atoms with E-state index in [0.717, 1.165) is 16.0 Å². The maximum absolute atomic E-state index is 13.7. The monoisotopic (exact) mass is 424 g/mol. The molecule has 158 valence electrons. The van der Waals surface area contributed by atoms with E-state index in [4.69, 9.17) is 0 Å². The first-order valence-electron chi connectivity index (χ1n) is 10.5. The number of imide groups is 1. The lowest BCUT2D eigenvalue weighted by atomic mass is 9.68. The summed E-state index contributed by atoms with van der Waals surface area (Å²) in [5.74, 6) is -2.30. The van der Waals surface area contributed by atoms with Gasteiger partial charge in [0.05, 0.1) is 22.4 Å². The van der Waals surface area contributed by atoms with Gasteiger partial charge in [-0.1, -0.05) is 78.9 Å². The minimum absolute atomic E-state index is 0.157. The van der Waals surface area contributed by atoms with Gasteiger partial charge in [-0.3, -0.25) is 19.7 Å². The van der Waals surface area contributed by atoms with Crippen LogP contribution in [0.1, 0.15) is 23.0 Å². The molecule has 0 saturated carbocycles. The van der Waals surface area contributed by atoms with Crippen molar-refractivity contribution in [2.75, 3.05) is 4.90 Å². The summed E-state index contributed by atoms with van der Waals surface area (Å²) in [7, 11) is 0. The molecule has 0 bridgehead atoms. The van der Waals surface area contributed by atoms with Crippen molar-refractivity contribution in [2.45, 2.75) is 11.8 Å².